The van der Waals surface area contributed by atoms with Crippen LogP contribution in [0.3, 0.4) is 0 Å². The van der Waals surface area contributed by atoms with Crippen LogP contribution >= 0.6 is 0 Å². The number of nitrogens with two attached hydrogens (primary N) is 1. The summed E-state index contributed by atoms with van der Waals surface area (Å²) in [5.74, 6) is -2.21. The van der Waals surface area contributed by atoms with Gasteiger partial charge >= 0.3 is 5.97 Å². The summed E-state index contributed by atoms with van der Waals surface area (Å²) in [5, 5.41) is 9.09. The molecule has 0 saturated heterocycles. The van der Waals surface area contributed by atoms with Crippen molar-refractivity contribution in [2.75, 3.05) is 0 Å². The summed E-state index contributed by atoms with van der Waals surface area (Å²) in [6.07, 6.45) is 1.82. The summed E-state index contributed by atoms with van der Waals surface area (Å²) in [5.41, 5.74) is 7.83. The molecule has 3 aromatic rings. The Hall–Kier alpha value is -3.51. The molecule has 0 amide bonds. The van der Waals surface area contributed by atoms with E-state index in [4.69, 9.17) is 15.6 Å². The third-order valence-corrected chi connectivity index (χ3v) is 4.22. The van der Waals surface area contributed by atoms with Crippen molar-refractivity contribution in [1.82, 2.24) is 0 Å². The van der Waals surface area contributed by atoms with E-state index in [0.29, 0.717) is 16.9 Å². The number of carbonyl (C=O) groups is 1. The van der Waals surface area contributed by atoms with E-state index < -0.39 is 23.6 Å². The van der Waals surface area contributed by atoms with E-state index in [1.54, 1.807) is 30.3 Å². The molecule has 0 radical (unpaired) electrons. The van der Waals surface area contributed by atoms with Gasteiger partial charge in [-0.2, -0.15) is 0 Å². The third kappa shape index (κ3) is 5.27. The summed E-state index contributed by atoms with van der Waals surface area (Å²) in [6, 6.07) is 18.2. The number of benzene rings is 3. The topological polar surface area (TPSA) is 72.5 Å². The summed E-state index contributed by atoms with van der Waals surface area (Å²) < 4.78 is 32.8. The average Bonchev–Trinajstić information content (AvgIpc) is 2.69. The fourth-order valence-corrected chi connectivity index (χ4v) is 2.84. The Balaban J connectivity index is 2.04. The van der Waals surface area contributed by atoms with Gasteiger partial charge in [0, 0.05) is 23.8 Å². The Morgan fingerprint density at radius 1 is 1.00 bits per heavy atom. The molecule has 1 unspecified atom stereocenters. The molecule has 0 aliphatic rings. The molecule has 0 saturated carbocycles. The second kappa shape index (κ2) is 9.12. The molecule has 3 N–H and O–H groups in total. The Labute approximate surface area is 166 Å². The molecule has 0 heterocycles. The van der Waals surface area contributed by atoms with Gasteiger partial charge in [0.05, 0.1) is 0 Å². The largest absolute Gasteiger partial charge is 0.480 e. The van der Waals surface area contributed by atoms with Gasteiger partial charge in [0.15, 0.2) is 0 Å². The second-order valence-electron chi connectivity index (χ2n) is 6.37. The molecule has 1 atom stereocenters. The number of rotatable bonds is 7. The van der Waals surface area contributed by atoms with Crippen LogP contribution in [0.5, 0.6) is 11.5 Å². The van der Waals surface area contributed by atoms with Crippen molar-refractivity contribution in [2.24, 2.45) is 5.73 Å². The zero-order chi connectivity index (χ0) is 20.8. The SMILES string of the molecule is NC(C/C=C(/c1ccccc1)c1ccccc1Oc1cc(F)cc(F)c1)C(=O)O. The van der Waals surface area contributed by atoms with Gasteiger partial charge in [-0.1, -0.05) is 54.6 Å². The standard InChI is InChI=1S/C23H19F2NO3/c24-16-12-17(25)14-18(13-16)29-22-9-5-4-8-20(22)19(10-11-21(26)23(27)28)15-6-2-1-3-7-15/h1-10,12-14,21H,11,26H2,(H,27,28)/b19-10-. The molecule has 0 bridgehead atoms. The summed E-state index contributed by atoms with van der Waals surface area (Å²) in [4.78, 5) is 11.1. The van der Waals surface area contributed by atoms with Gasteiger partial charge in [0.2, 0.25) is 0 Å². The molecule has 0 spiro atoms. The van der Waals surface area contributed by atoms with E-state index in [1.165, 1.54) is 0 Å². The molecule has 0 aliphatic heterocycles. The number of hydrogen-bond donors (Lipinski definition) is 2. The molecule has 0 aliphatic carbocycles. The highest BCUT2D eigenvalue weighted by atomic mass is 19.1. The molecule has 3 rings (SSSR count). The van der Waals surface area contributed by atoms with E-state index in [2.05, 4.69) is 0 Å². The van der Waals surface area contributed by atoms with Gasteiger partial charge in [0.1, 0.15) is 29.2 Å². The lowest BCUT2D eigenvalue weighted by atomic mass is 9.95. The highest BCUT2D eigenvalue weighted by molar-refractivity contribution is 5.83. The van der Waals surface area contributed by atoms with Crippen molar-refractivity contribution in [3.05, 3.63) is 102 Å². The molecule has 0 aromatic heterocycles. The molecule has 3 aromatic carbocycles. The molecule has 4 nitrogen and oxygen atoms in total. The fraction of sp³-hybridized carbons (Fsp3) is 0.0870. The van der Waals surface area contributed by atoms with E-state index >= 15 is 0 Å². The van der Waals surface area contributed by atoms with Gasteiger partial charge in [0.25, 0.3) is 0 Å². The van der Waals surface area contributed by atoms with Crippen molar-refractivity contribution in [3.8, 4) is 11.5 Å². The first-order valence-corrected chi connectivity index (χ1v) is 8.91. The van der Waals surface area contributed by atoms with Crippen LogP contribution in [0, 0.1) is 11.6 Å². The van der Waals surface area contributed by atoms with E-state index in [1.807, 2.05) is 30.3 Å². The van der Waals surface area contributed by atoms with Gasteiger partial charge in [-0.05, 0) is 23.6 Å². The van der Waals surface area contributed by atoms with E-state index in [9.17, 15) is 13.6 Å². The fourth-order valence-electron chi connectivity index (χ4n) is 2.84. The minimum atomic E-state index is -1.10. The first-order valence-electron chi connectivity index (χ1n) is 8.91. The van der Waals surface area contributed by atoms with Gasteiger partial charge < -0.3 is 15.6 Å². The highest BCUT2D eigenvalue weighted by Crippen LogP contribution is 2.34. The van der Waals surface area contributed by atoms with Crippen LogP contribution in [0.1, 0.15) is 17.5 Å². The summed E-state index contributed by atoms with van der Waals surface area (Å²) in [7, 11) is 0. The lowest BCUT2D eigenvalue weighted by Gasteiger charge is -2.15. The Bertz CT molecular complexity index is 1020. The van der Waals surface area contributed by atoms with Crippen LogP contribution in [0.25, 0.3) is 5.57 Å². The van der Waals surface area contributed by atoms with Crippen LogP contribution < -0.4 is 10.5 Å². The van der Waals surface area contributed by atoms with Crippen molar-refractivity contribution < 1.29 is 23.4 Å². The Morgan fingerprint density at radius 2 is 1.62 bits per heavy atom. The van der Waals surface area contributed by atoms with Gasteiger partial charge in [-0.15, -0.1) is 0 Å². The molecular formula is C23H19F2NO3. The van der Waals surface area contributed by atoms with Crippen molar-refractivity contribution >= 4 is 11.5 Å². The van der Waals surface area contributed by atoms with Crippen LogP contribution in [0.2, 0.25) is 0 Å². The minimum Gasteiger partial charge on any atom is -0.480 e. The number of carboxylic acids is 1. The highest BCUT2D eigenvalue weighted by Gasteiger charge is 2.15. The first-order chi connectivity index (χ1) is 13.9. The van der Waals surface area contributed by atoms with Crippen molar-refractivity contribution in [2.45, 2.75) is 12.5 Å². The van der Waals surface area contributed by atoms with Crippen LogP contribution in [0.4, 0.5) is 8.78 Å². The molecular weight excluding hydrogens is 376 g/mol. The van der Waals surface area contributed by atoms with Gasteiger partial charge in [-0.3, -0.25) is 4.79 Å². The predicted octanol–water partition coefficient (Wildman–Crippen LogP) is 4.99. The monoisotopic (exact) mass is 395 g/mol. The Kier molecular flexibility index (Phi) is 6.36. The summed E-state index contributed by atoms with van der Waals surface area (Å²) >= 11 is 0. The number of carboxylic acid groups (broad SMARTS) is 1. The van der Waals surface area contributed by atoms with E-state index in [0.717, 1.165) is 23.8 Å². The van der Waals surface area contributed by atoms with E-state index in [-0.39, 0.29) is 12.2 Å². The average molecular weight is 395 g/mol. The predicted molar refractivity (Wildman–Crippen MR) is 107 cm³/mol. The number of para-hydroxylation sites is 1. The normalized spacial score (nSPS) is 12.4. The third-order valence-electron chi connectivity index (χ3n) is 4.22. The number of aliphatic carboxylic acids is 1. The lowest BCUT2D eigenvalue weighted by Crippen LogP contribution is -2.29. The maximum Gasteiger partial charge on any atom is 0.320 e. The smallest absolute Gasteiger partial charge is 0.320 e. The van der Waals surface area contributed by atoms with Crippen LogP contribution in [-0.2, 0) is 4.79 Å². The van der Waals surface area contributed by atoms with Crippen LogP contribution in [-0.4, -0.2) is 17.1 Å². The Morgan fingerprint density at radius 3 is 2.28 bits per heavy atom. The molecule has 6 heteroatoms. The molecule has 148 valence electrons. The number of hydrogen-bond acceptors (Lipinski definition) is 3. The van der Waals surface area contributed by atoms with Gasteiger partial charge in [-0.25, -0.2) is 8.78 Å². The lowest BCUT2D eigenvalue weighted by molar-refractivity contribution is -0.138. The zero-order valence-corrected chi connectivity index (χ0v) is 15.4. The van der Waals surface area contributed by atoms with Crippen molar-refractivity contribution in [1.29, 1.82) is 0 Å². The molecule has 0 fully saturated rings. The van der Waals surface area contributed by atoms with Crippen LogP contribution in [0.15, 0.2) is 78.9 Å². The minimum absolute atomic E-state index is 0.0181. The number of halogens is 2. The summed E-state index contributed by atoms with van der Waals surface area (Å²) in [6.45, 7) is 0. The molecule has 29 heavy (non-hydrogen) atoms. The number of ether oxygens (including phenoxy) is 1. The first kappa shape index (κ1) is 20.2. The van der Waals surface area contributed by atoms with Crippen molar-refractivity contribution in [3.63, 3.8) is 0 Å². The quantitative estimate of drug-likeness (QED) is 0.591. The zero-order valence-electron chi connectivity index (χ0n) is 15.4. The second-order valence-corrected chi connectivity index (χ2v) is 6.37. The maximum absolute atomic E-state index is 13.5. The maximum atomic E-state index is 13.5.